The Morgan fingerprint density at radius 1 is 1.12 bits per heavy atom. The molecular weight excluding hydrogens is 416 g/mol. The first-order valence-corrected chi connectivity index (χ1v) is 11.5. The molecule has 0 spiro atoms. The van der Waals surface area contributed by atoms with Crippen LogP contribution < -0.4 is 4.74 Å². The van der Waals surface area contributed by atoms with Crippen LogP contribution in [0.2, 0.25) is 0 Å². The van der Waals surface area contributed by atoms with Crippen LogP contribution >= 0.6 is 0 Å². The molecule has 0 radical (unpaired) electrons. The molecule has 1 amide bonds. The number of carbonyl (C=O) groups is 2. The molecule has 1 aliphatic heterocycles. The molecule has 1 atom stereocenters. The van der Waals surface area contributed by atoms with Gasteiger partial charge in [-0.1, -0.05) is 57.2 Å². The lowest BCUT2D eigenvalue weighted by molar-refractivity contribution is -0.140. The minimum Gasteiger partial charge on any atom is -0.507 e. The summed E-state index contributed by atoms with van der Waals surface area (Å²) in [6.07, 6.45) is 0.861. The molecule has 1 unspecified atom stereocenters. The second-order valence-corrected chi connectivity index (χ2v) is 8.99. The molecule has 6 heteroatoms. The van der Waals surface area contributed by atoms with Gasteiger partial charge >= 0.3 is 0 Å². The highest BCUT2D eigenvalue weighted by atomic mass is 16.5. The van der Waals surface area contributed by atoms with E-state index in [0.29, 0.717) is 36.9 Å². The van der Waals surface area contributed by atoms with Crippen LogP contribution in [0.3, 0.4) is 0 Å². The summed E-state index contributed by atoms with van der Waals surface area (Å²) in [5, 5.41) is 11.2. The van der Waals surface area contributed by atoms with Crippen molar-refractivity contribution in [2.24, 2.45) is 0 Å². The topological polar surface area (TPSA) is 70.1 Å². The molecule has 1 aliphatic rings. The number of hydrogen-bond acceptors (Lipinski definition) is 5. The Balaban J connectivity index is 2.10. The Hall–Kier alpha value is -3.12. The zero-order chi connectivity index (χ0) is 24.1. The van der Waals surface area contributed by atoms with Crippen LogP contribution in [0.4, 0.5) is 0 Å². The Labute approximate surface area is 196 Å². The van der Waals surface area contributed by atoms with Crippen molar-refractivity contribution in [3.63, 3.8) is 0 Å². The van der Waals surface area contributed by atoms with E-state index in [2.05, 4.69) is 13.8 Å². The summed E-state index contributed by atoms with van der Waals surface area (Å²) in [5.74, 6) is -0.454. The standard InChI is InChI=1S/C27H34N2O4/c1-6-16-33-22-9-7-8-21(17-22)25(30)23-24(20-12-10-19(11-13-20)18(2)3)29(15-14-28(4)5)27(32)26(23)31/h7-13,17-18,24,30H,6,14-16H2,1-5H3. The van der Waals surface area contributed by atoms with Gasteiger partial charge in [-0.25, -0.2) is 0 Å². The van der Waals surface area contributed by atoms with Gasteiger partial charge in [-0.3, -0.25) is 9.59 Å². The van der Waals surface area contributed by atoms with Crippen molar-refractivity contribution in [2.45, 2.75) is 39.2 Å². The third kappa shape index (κ3) is 5.45. The number of likely N-dealkylation sites (N-methyl/N-ethyl adjacent to an activating group) is 1. The average Bonchev–Trinajstić information content (AvgIpc) is 3.05. The molecule has 6 nitrogen and oxygen atoms in total. The number of amides is 1. The van der Waals surface area contributed by atoms with Crippen LogP contribution in [0.15, 0.2) is 54.1 Å². The Kier molecular flexibility index (Phi) is 7.92. The number of aliphatic hydroxyl groups excluding tert-OH is 1. The van der Waals surface area contributed by atoms with Crippen LogP contribution in [0, 0.1) is 0 Å². The van der Waals surface area contributed by atoms with Crippen LogP contribution in [0.1, 0.15) is 55.8 Å². The lowest BCUT2D eigenvalue weighted by atomic mass is 9.93. The third-order valence-corrected chi connectivity index (χ3v) is 5.83. The minimum atomic E-state index is -0.663. The van der Waals surface area contributed by atoms with Crippen molar-refractivity contribution in [3.8, 4) is 5.75 Å². The first-order valence-electron chi connectivity index (χ1n) is 11.5. The van der Waals surface area contributed by atoms with Gasteiger partial charge in [0.25, 0.3) is 11.7 Å². The second-order valence-electron chi connectivity index (χ2n) is 8.99. The average molecular weight is 451 g/mol. The van der Waals surface area contributed by atoms with Crippen LogP contribution in [-0.2, 0) is 9.59 Å². The van der Waals surface area contributed by atoms with E-state index in [9.17, 15) is 14.7 Å². The fourth-order valence-corrected chi connectivity index (χ4v) is 3.94. The summed E-state index contributed by atoms with van der Waals surface area (Å²) in [5.41, 5.74) is 2.55. The maximum Gasteiger partial charge on any atom is 0.295 e. The maximum absolute atomic E-state index is 13.1. The molecule has 176 valence electrons. The van der Waals surface area contributed by atoms with E-state index in [1.165, 1.54) is 5.56 Å². The molecule has 33 heavy (non-hydrogen) atoms. The Morgan fingerprint density at radius 3 is 2.42 bits per heavy atom. The number of ether oxygens (including phenoxy) is 1. The maximum atomic E-state index is 13.1. The molecule has 1 fully saturated rings. The zero-order valence-corrected chi connectivity index (χ0v) is 20.2. The minimum absolute atomic E-state index is 0.115. The molecule has 0 saturated carbocycles. The van der Waals surface area contributed by atoms with E-state index >= 15 is 0 Å². The molecular formula is C27H34N2O4. The van der Waals surface area contributed by atoms with E-state index in [0.717, 1.165) is 12.0 Å². The van der Waals surface area contributed by atoms with E-state index < -0.39 is 17.7 Å². The van der Waals surface area contributed by atoms with Crippen molar-refractivity contribution in [1.82, 2.24) is 9.80 Å². The molecule has 0 bridgehead atoms. The summed E-state index contributed by atoms with van der Waals surface area (Å²) in [6, 6.07) is 14.3. The van der Waals surface area contributed by atoms with Crippen molar-refractivity contribution in [1.29, 1.82) is 0 Å². The lowest BCUT2D eigenvalue weighted by Crippen LogP contribution is -2.35. The Bertz CT molecular complexity index is 1020. The molecule has 1 N–H and O–H groups in total. The van der Waals surface area contributed by atoms with Crippen LogP contribution in [0.25, 0.3) is 5.76 Å². The number of carbonyl (C=O) groups excluding carboxylic acids is 2. The summed E-state index contributed by atoms with van der Waals surface area (Å²) >= 11 is 0. The van der Waals surface area contributed by atoms with Crippen molar-refractivity contribution >= 4 is 17.4 Å². The number of likely N-dealkylation sites (tertiary alicyclic amines) is 1. The number of hydrogen-bond donors (Lipinski definition) is 1. The van der Waals surface area contributed by atoms with Gasteiger partial charge in [-0.2, -0.15) is 0 Å². The number of rotatable bonds is 9. The zero-order valence-electron chi connectivity index (χ0n) is 20.2. The van der Waals surface area contributed by atoms with Gasteiger partial charge < -0.3 is 19.6 Å². The molecule has 0 aromatic heterocycles. The summed E-state index contributed by atoms with van der Waals surface area (Å²) < 4.78 is 5.69. The van der Waals surface area contributed by atoms with Gasteiger partial charge in [0.15, 0.2) is 0 Å². The van der Waals surface area contributed by atoms with E-state index in [1.54, 1.807) is 23.1 Å². The monoisotopic (exact) mass is 450 g/mol. The molecule has 3 rings (SSSR count). The molecule has 2 aromatic rings. The highest BCUT2D eigenvalue weighted by Gasteiger charge is 2.45. The largest absolute Gasteiger partial charge is 0.507 e. The lowest BCUT2D eigenvalue weighted by Gasteiger charge is -2.27. The van der Waals surface area contributed by atoms with E-state index in [-0.39, 0.29) is 11.3 Å². The molecule has 1 heterocycles. The number of ketones is 1. The fraction of sp³-hybridized carbons (Fsp3) is 0.407. The normalized spacial score (nSPS) is 17.9. The van der Waals surface area contributed by atoms with Crippen molar-refractivity contribution < 1.29 is 19.4 Å². The summed E-state index contributed by atoms with van der Waals surface area (Å²) in [4.78, 5) is 29.7. The number of aliphatic hydroxyl groups is 1. The smallest absolute Gasteiger partial charge is 0.295 e. The van der Waals surface area contributed by atoms with Gasteiger partial charge in [0.05, 0.1) is 18.2 Å². The first-order chi connectivity index (χ1) is 15.7. The van der Waals surface area contributed by atoms with E-state index in [4.69, 9.17) is 4.74 Å². The van der Waals surface area contributed by atoms with Crippen molar-refractivity contribution in [2.75, 3.05) is 33.8 Å². The highest BCUT2D eigenvalue weighted by Crippen LogP contribution is 2.40. The SMILES string of the molecule is CCCOc1cccc(C(O)=C2C(=O)C(=O)N(CCN(C)C)C2c2ccc(C(C)C)cc2)c1. The Morgan fingerprint density at radius 2 is 1.82 bits per heavy atom. The molecule has 1 saturated heterocycles. The predicted octanol–water partition coefficient (Wildman–Crippen LogP) is 4.58. The van der Waals surface area contributed by atoms with Gasteiger partial charge in [-0.05, 0) is 49.7 Å². The third-order valence-electron chi connectivity index (χ3n) is 5.83. The van der Waals surface area contributed by atoms with Crippen LogP contribution in [0.5, 0.6) is 5.75 Å². The molecule has 2 aromatic carbocycles. The first kappa shape index (κ1) is 24.5. The number of Topliss-reactive ketones (excluding diaryl/α,β-unsaturated/α-hetero) is 1. The summed E-state index contributed by atoms with van der Waals surface area (Å²) in [7, 11) is 3.84. The van der Waals surface area contributed by atoms with Gasteiger partial charge in [0.2, 0.25) is 0 Å². The molecule has 0 aliphatic carbocycles. The predicted molar refractivity (Wildman–Crippen MR) is 130 cm³/mol. The van der Waals surface area contributed by atoms with Crippen LogP contribution in [-0.4, -0.2) is 60.4 Å². The van der Waals surface area contributed by atoms with Crippen molar-refractivity contribution in [3.05, 3.63) is 70.8 Å². The summed E-state index contributed by atoms with van der Waals surface area (Å²) in [6.45, 7) is 7.79. The van der Waals surface area contributed by atoms with E-state index in [1.807, 2.05) is 56.3 Å². The quantitative estimate of drug-likeness (QED) is 0.344. The number of nitrogens with zero attached hydrogens (tertiary/aromatic N) is 2. The van der Waals surface area contributed by atoms with Gasteiger partial charge in [0, 0.05) is 18.7 Å². The second kappa shape index (κ2) is 10.7. The van der Waals surface area contributed by atoms with Gasteiger partial charge in [-0.15, -0.1) is 0 Å². The highest BCUT2D eigenvalue weighted by molar-refractivity contribution is 6.46. The number of benzene rings is 2. The van der Waals surface area contributed by atoms with Gasteiger partial charge in [0.1, 0.15) is 11.5 Å². The fourth-order valence-electron chi connectivity index (χ4n) is 3.94.